The largest absolute Gasteiger partial charge is 0.416 e. The summed E-state index contributed by atoms with van der Waals surface area (Å²) in [7, 11) is 0. The summed E-state index contributed by atoms with van der Waals surface area (Å²) in [4.78, 5) is 0.516. The first-order valence-electron chi connectivity index (χ1n) is 5.84. The third-order valence-corrected chi connectivity index (χ3v) is 3.89. The van der Waals surface area contributed by atoms with Crippen LogP contribution >= 0.6 is 11.8 Å². The predicted molar refractivity (Wildman–Crippen MR) is 69.8 cm³/mol. The van der Waals surface area contributed by atoms with E-state index in [0.29, 0.717) is 11.0 Å². The summed E-state index contributed by atoms with van der Waals surface area (Å²) in [6.07, 6.45) is -4.46. The second kappa shape index (κ2) is 6.03. The molecule has 0 heterocycles. The number of alkyl halides is 3. The molecule has 21 heavy (non-hydrogen) atoms. The molecule has 0 amide bonds. The van der Waals surface area contributed by atoms with Gasteiger partial charge in [-0.2, -0.15) is 13.2 Å². The Morgan fingerprint density at radius 1 is 0.952 bits per heavy atom. The summed E-state index contributed by atoms with van der Waals surface area (Å²) in [6.45, 7) is -0.116. The van der Waals surface area contributed by atoms with Crippen molar-refractivity contribution < 1.29 is 22.0 Å². The van der Waals surface area contributed by atoms with E-state index >= 15 is 0 Å². The monoisotopic (exact) mass is 319 g/mol. The molecule has 0 atom stereocenters. The molecule has 0 aliphatic heterocycles. The van der Waals surface area contributed by atoms with Crippen LogP contribution in [0.4, 0.5) is 22.0 Å². The highest BCUT2D eigenvalue weighted by atomic mass is 32.2. The van der Waals surface area contributed by atoms with E-state index in [1.54, 1.807) is 0 Å². The van der Waals surface area contributed by atoms with E-state index in [-0.39, 0.29) is 17.0 Å². The van der Waals surface area contributed by atoms with Crippen LogP contribution in [-0.4, -0.2) is 0 Å². The Bertz CT molecular complexity index is 654. The summed E-state index contributed by atoms with van der Waals surface area (Å²) < 4.78 is 64.3. The zero-order valence-electron chi connectivity index (χ0n) is 10.5. The fraction of sp³-hybridized carbons (Fsp3) is 0.143. The van der Waals surface area contributed by atoms with Crippen LogP contribution in [0.2, 0.25) is 0 Å². The average Bonchev–Trinajstić information content (AvgIpc) is 2.41. The number of hydrogen-bond donors (Lipinski definition) is 1. The van der Waals surface area contributed by atoms with E-state index in [1.165, 1.54) is 12.1 Å². The molecule has 0 aliphatic carbocycles. The Labute approximate surface area is 122 Å². The van der Waals surface area contributed by atoms with E-state index < -0.39 is 23.4 Å². The molecule has 2 aromatic carbocycles. The van der Waals surface area contributed by atoms with Crippen molar-refractivity contribution in [3.63, 3.8) is 0 Å². The van der Waals surface area contributed by atoms with Crippen molar-refractivity contribution in [2.24, 2.45) is 5.73 Å². The molecular weight excluding hydrogens is 309 g/mol. The smallest absolute Gasteiger partial charge is 0.326 e. The topological polar surface area (TPSA) is 26.0 Å². The fourth-order valence-corrected chi connectivity index (χ4v) is 2.63. The number of hydrogen-bond acceptors (Lipinski definition) is 2. The van der Waals surface area contributed by atoms with E-state index in [4.69, 9.17) is 5.73 Å². The van der Waals surface area contributed by atoms with Crippen molar-refractivity contribution in [2.75, 3.05) is 0 Å². The molecule has 0 aromatic heterocycles. The molecule has 0 aliphatic rings. The van der Waals surface area contributed by atoms with Crippen LogP contribution in [0.15, 0.2) is 46.2 Å². The first-order valence-corrected chi connectivity index (χ1v) is 6.66. The fourth-order valence-electron chi connectivity index (χ4n) is 1.69. The lowest BCUT2D eigenvalue weighted by Crippen LogP contribution is -2.07. The highest BCUT2D eigenvalue weighted by Crippen LogP contribution is 2.36. The summed E-state index contributed by atoms with van der Waals surface area (Å²) in [6, 6.07) is 6.10. The Morgan fingerprint density at radius 2 is 1.62 bits per heavy atom. The summed E-state index contributed by atoms with van der Waals surface area (Å²) in [5, 5.41) is 0. The van der Waals surface area contributed by atoms with Gasteiger partial charge in [-0.3, -0.25) is 0 Å². The van der Waals surface area contributed by atoms with Gasteiger partial charge in [0, 0.05) is 22.4 Å². The lowest BCUT2D eigenvalue weighted by molar-refractivity contribution is -0.137. The van der Waals surface area contributed by atoms with Gasteiger partial charge in [0.05, 0.1) is 5.56 Å². The Kier molecular flexibility index (Phi) is 4.53. The molecule has 0 bridgehead atoms. The van der Waals surface area contributed by atoms with Crippen LogP contribution in [0.25, 0.3) is 0 Å². The van der Waals surface area contributed by atoms with E-state index in [0.717, 1.165) is 30.0 Å². The Morgan fingerprint density at radius 3 is 2.19 bits per heavy atom. The van der Waals surface area contributed by atoms with Crippen molar-refractivity contribution in [1.82, 2.24) is 0 Å². The molecule has 0 saturated carbocycles. The molecule has 0 unspecified atom stereocenters. The molecule has 0 spiro atoms. The van der Waals surface area contributed by atoms with Gasteiger partial charge in [0.2, 0.25) is 0 Å². The Hall–Kier alpha value is -1.60. The maximum absolute atomic E-state index is 13.6. The van der Waals surface area contributed by atoms with Gasteiger partial charge in [0.1, 0.15) is 11.6 Å². The van der Waals surface area contributed by atoms with Crippen molar-refractivity contribution in [2.45, 2.75) is 22.5 Å². The van der Waals surface area contributed by atoms with Gasteiger partial charge in [-0.1, -0.05) is 11.8 Å². The molecule has 0 radical (unpaired) electrons. The van der Waals surface area contributed by atoms with Crippen LogP contribution in [0.5, 0.6) is 0 Å². The van der Waals surface area contributed by atoms with E-state index in [9.17, 15) is 22.0 Å². The van der Waals surface area contributed by atoms with Crippen molar-refractivity contribution >= 4 is 11.8 Å². The van der Waals surface area contributed by atoms with Crippen LogP contribution in [0.1, 0.15) is 11.1 Å². The quantitative estimate of drug-likeness (QED) is 0.837. The van der Waals surface area contributed by atoms with Crippen LogP contribution < -0.4 is 5.73 Å². The van der Waals surface area contributed by atoms with Gasteiger partial charge in [-0.05, 0) is 35.9 Å². The third kappa shape index (κ3) is 3.74. The molecule has 0 fully saturated rings. The molecule has 2 rings (SSSR count). The maximum atomic E-state index is 13.6. The minimum absolute atomic E-state index is 0.116. The summed E-state index contributed by atoms with van der Waals surface area (Å²) in [5.41, 5.74) is 4.88. The Balaban J connectivity index is 2.36. The number of benzene rings is 2. The van der Waals surface area contributed by atoms with Crippen LogP contribution in [0, 0.1) is 11.6 Å². The SMILES string of the molecule is NCc1cc(C(F)(F)F)ccc1Sc1ccc(F)cc1F. The van der Waals surface area contributed by atoms with Gasteiger partial charge < -0.3 is 5.73 Å². The van der Waals surface area contributed by atoms with Gasteiger partial charge >= 0.3 is 6.18 Å². The normalized spacial score (nSPS) is 11.7. The third-order valence-electron chi connectivity index (χ3n) is 2.72. The molecule has 2 N–H and O–H groups in total. The number of nitrogens with two attached hydrogens (primary N) is 1. The van der Waals surface area contributed by atoms with E-state index in [2.05, 4.69) is 0 Å². The second-order valence-electron chi connectivity index (χ2n) is 4.20. The maximum Gasteiger partial charge on any atom is 0.416 e. The number of halogens is 5. The van der Waals surface area contributed by atoms with Crippen molar-refractivity contribution in [1.29, 1.82) is 0 Å². The van der Waals surface area contributed by atoms with Crippen LogP contribution in [0.3, 0.4) is 0 Å². The lowest BCUT2D eigenvalue weighted by Gasteiger charge is -2.12. The van der Waals surface area contributed by atoms with Crippen molar-refractivity contribution in [3.8, 4) is 0 Å². The molecule has 1 nitrogen and oxygen atoms in total. The molecule has 112 valence electrons. The van der Waals surface area contributed by atoms with Gasteiger partial charge in [-0.15, -0.1) is 0 Å². The summed E-state index contributed by atoms with van der Waals surface area (Å²) >= 11 is 0.904. The first-order chi connectivity index (χ1) is 9.81. The second-order valence-corrected chi connectivity index (χ2v) is 5.28. The zero-order chi connectivity index (χ0) is 15.6. The summed E-state index contributed by atoms with van der Waals surface area (Å²) in [5.74, 6) is -1.49. The van der Waals surface area contributed by atoms with Crippen LogP contribution in [-0.2, 0) is 12.7 Å². The minimum atomic E-state index is -4.46. The van der Waals surface area contributed by atoms with E-state index in [1.807, 2.05) is 0 Å². The standard InChI is InChI=1S/C14H10F5NS/c15-10-2-4-13(11(16)6-10)21-12-3-1-9(14(17,18)19)5-8(12)7-20/h1-6H,7,20H2. The highest BCUT2D eigenvalue weighted by molar-refractivity contribution is 7.99. The van der Waals surface area contributed by atoms with Gasteiger partial charge in [0.25, 0.3) is 0 Å². The molecule has 7 heteroatoms. The van der Waals surface area contributed by atoms with Gasteiger partial charge in [-0.25, -0.2) is 8.78 Å². The zero-order valence-corrected chi connectivity index (χ0v) is 11.4. The predicted octanol–water partition coefficient (Wildman–Crippen LogP) is 4.59. The average molecular weight is 319 g/mol. The lowest BCUT2D eigenvalue weighted by atomic mass is 10.1. The molecule has 0 saturated heterocycles. The van der Waals surface area contributed by atoms with Crippen molar-refractivity contribution in [3.05, 3.63) is 59.2 Å². The molecular formula is C14H10F5NS. The minimum Gasteiger partial charge on any atom is -0.326 e. The highest BCUT2D eigenvalue weighted by Gasteiger charge is 2.30. The molecule has 2 aromatic rings. The number of rotatable bonds is 3. The first kappa shape index (κ1) is 15.8. The van der Waals surface area contributed by atoms with Gasteiger partial charge in [0.15, 0.2) is 0 Å².